The zero-order valence-electron chi connectivity index (χ0n) is 24.1. The number of rotatable bonds is 6. The van der Waals surface area contributed by atoms with Gasteiger partial charge in [-0.15, -0.1) is 0 Å². The normalized spacial score (nSPS) is 17.8. The largest absolute Gasteiger partial charge is 0.476 e. The average molecular weight is 525 g/mol. The molecule has 2 aliphatic rings. The summed E-state index contributed by atoms with van der Waals surface area (Å²) in [5.41, 5.74) is 10.4. The fourth-order valence-electron chi connectivity index (χ4n) is 6.17. The minimum Gasteiger partial charge on any atom is -0.476 e. The van der Waals surface area contributed by atoms with E-state index in [1.54, 1.807) is 0 Å². The van der Waals surface area contributed by atoms with Crippen LogP contribution in [0.1, 0.15) is 66.2 Å². The molecule has 0 saturated carbocycles. The molecule has 1 saturated heterocycles. The quantitative estimate of drug-likeness (QED) is 0.328. The van der Waals surface area contributed by atoms with E-state index in [4.69, 9.17) is 14.7 Å². The van der Waals surface area contributed by atoms with Crippen LogP contribution in [0, 0.1) is 20.8 Å². The number of aromatic amines is 1. The van der Waals surface area contributed by atoms with Crippen molar-refractivity contribution < 1.29 is 4.74 Å². The third kappa shape index (κ3) is 4.78. The lowest BCUT2D eigenvalue weighted by Crippen LogP contribution is -2.34. The molecule has 1 unspecified atom stereocenters. The fourth-order valence-corrected chi connectivity index (χ4v) is 6.17. The van der Waals surface area contributed by atoms with Gasteiger partial charge in [0.05, 0.1) is 23.3 Å². The number of hydrogen-bond acceptors (Lipinski definition) is 6. The third-order valence-corrected chi connectivity index (χ3v) is 8.68. The van der Waals surface area contributed by atoms with Gasteiger partial charge in [0.1, 0.15) is 6.61 Å². The molecule has 39 heavy (non-hydrogen) atoms. The lowest BCUT2D eigenvalue weighted by molar-refractivity contribution is 0.191. The summed E-state index contributed by atoms with van der Waals surface area (Å²) in [6, 6.07) is 11.5. The van der Waals surface area contributed by atoms with Gasteiger partial charge >= 0.3 is 0 Å². The molecule has 0 bridgehead atoms. The standard InChI is InChI=1S/C32H40N6O/c1-19(2)23-11-9-20(3)28(16-23)38-15-13-26-25(17-38)32(39-18-24-8-7-14-37(24)6)34-31(33-26)29-21(4)10-12-27-30(29)22(5)35-36-27/h9-12,16,19,24H,7-8,13-15,17-18H2,1-6H3,(H,35,36). The molecule has 7 heteroatoms. The second-order valence-corrected chi connectivity index (χ2v) is 11.7. The first-order valence-corrected chi connectivity index (χ1v) is 14.3. The van der Waals surface area contributed by atoms with Crippen molar-refractivity contribution in [3.8, 4) is 17.3 Å². The number of likely N-dealkylation sites (N-methyl/N-ethyl adjacent to an activating group) is 1. The SMILES string of the molecule is Cc1ccc(C(C)C)cc1N1CCc2nc(-c3c(C)ccc4n[nH]c(C)c34)nc(OCC3CCCN3C)c2C1. The Bertz CT molecular complexity index is 1520. The minimum atomic E-state index is 0.421. The first kappa shape index (κ1) is 25.8. The minimum absolute atomic E-state index is 0.421. The summed E-state index contributed by atoms with van der Waals surface area (Å²) in [6.07, 6.45) is 3.24. The van der Waals surface area contributed by atoms with Crippen LogP contribution in [-0.4, -0.2) is 57.9 Å². The van der Waals surface area contributed by atoms with E-state index >= 15 is 0 Å². The summed E-state index contributed by atoms with van der Waals surface area (Å²) in [5.74, 6) is 1.96. The Hall–Kier alpha value is -3.45. The second-order valence-electron chi connectivity index (χ2n) is 11.7. The van der Waals surface area contributed by atoms with E-state index in [9.17, 15) is 0 Å². The first-order valence-electron chi connectivity index (χ1n) is 14.3. The highest BCUT2D eigenvalue weighted by Crippen LogP contribution is 2.37. The Morgan fingerprint density at radius 1 is 1.05 bits per heavy atom. The molecule has 0 spiro atoms. The Morgan fingerprint density at radius 3 is 2.64 bits per heavy atom. The predicted octanol–water partition coefficient (Wildman–Crippen LogP) is 6.10. The van der Waals surface area contributed by atoms with Gasteiger partial charge in [0.2, 0.25) is 5.88 Å². The van der Waals surface area contributed by atoms with Gasteiger partial charge < -0.3 is 14.5 Å². The summed E-state index contributed by atoms with van der Waals surface area (Å²) in [5, 5.41) is 8.74. The van der Waals surface area contributed by atoms with Crippen LogP contribution in [0.5, 0.6) is 5.88 Å². The first-order chi connectivity index (χ1) is 18.8. The van der Waals surface area contributed by atoms with Crippen LogP contribution in [0.3, 0.4) is 0 Å². The number of fused-ring (bicyclic) bond motifs is 2. The van der Waals surface area contributed by atoms with Crippen LogP contribution in [0.15, 0.2) is 30.3 Å². The number of aromatic nitrogens is 4. The van der Waals surface area contributed by atoms with Crippen LogP contribution < -0.4 is 9.64 Å². The van der Waals surface area contributed by atoms with E-state index in [1.807, 2.05) is 0 Å². The van der Waals surface area contributed by atoms with Crippen molar-refractivity contribution in [2.24, 2.45) is 0 Å². The second kappa shape index (κ2) is 10.3. The molecule has 4 aromatic rings. The highest BCUT2D eigenvalue weighted by Gasteiger charge is 2.28. The zero-order chi connectivity index (χ0) is 27.3. The zero-order valence-corrected chi connectivity index (χ0v) is 24.1. The van der Waals surface area contributed by atoms with E-state index < -0.39 is 0 Å². The van der Waals surface area contributed by atoms with Crippen LogP contribution in [0.4, 0.5) is 5.69 Å². The molecule has 2 aliphatic heterocycles. The molecule has 1 N–H and O–H groups in total. The fraction of sp³-hybridized carbons (Fsp3) is 0.469. The maximum atomic E-state index is 6.62. The van der Waals surface area contributed by atoms with Gasteiger partial charge in [0.15, 0.2) is 5.82 Å². The van der Waals surface area contributed by atoms with Gasteiger partial charge in [0, 0.05) is 41.3 Å². The molecular weight excluding hydrogens is 484 g/mol. The van der Waals surface area contributed by atoms with Crippen molar-refractivity contribution in [1.82, 2.24) is 25.1 Å². The van der Waals surface area contributed by atoms with Crippen molar-refractivity contribution in [2.75, 3.05) is 31.6 Å². The summed E-state index contributed by atoms with van der Waals surface area (Å²) in [7, 11) is 2.19. The molecule has 1 fully saturated rings. The number of anilines is 1. The molecule has 2 aromatic carbocycles. The van der Waals surface area contributed by atoms with Crippen LogP contribution >= 0.6 is 0 Å². The van der Waals surface area contributed by atoms with Crippen molar-refractivity contribution in [2.45, 2.75) is 72.4 Å². The molecule has 6 rings (SSSR count). The molecule has 2 aromatic heterocycles. The number of aryl methyl sites for hydroxylation is 3. The molecule has 204 valence electrons. The number of ether oxygens (including phenoxy) is 1. The average Bonchev–Trinajstić information content (AvgIpc) is 3.51. The molecule has 0 radical (unpaired) electrons. The van der Waals surface area contributed by atoms with Crippen LogP contribution in [0.2, 0.25) is 0 Å². The summed E-state index contributed by atoms with van der Waals surface area (Å²) >= 11 is 0. The molecule has 4 heterocycles. The number of benzene rings is 2. The monoisotopic (exact) mass is 524 g/mol. The topological polar surface area (TPSA) is 70.2 Å². The van der Waals surface area contributed by atoms with Gasteiger partial charge in [-0.1, -0.05) is 32.0 Å². The van der Waals surface area contributed by atoms with E-state index in [0.29, 0.717) is 18.6 Å². The molecule has 1 atom stereocenters. The molecule has 0 amide bonds. The van der Waals surface area contributed by atoms with Crippen molar-refractivity contribution in [3.05, 3.63) is 64.0 Å². The number of nitrogens with one attached hydrogen (secondary N) is 1. The van der Waals surface area contributed by atoms with Gasteiger partial charge in [-0.05, 0) is 81.9 Å². The Balaban J connectivity index is 1.43. The van der Waals surface area contributed by atoms with E-state index in [1.165, 1.54) is 23.2 Å². The van der Waals surface area contributed by atoms with Crippen molar-refractivity contribution in [1.29, 1.82) is 0 Å². The number of nitrogens with zero attached hydrogens (tertiary/aromatic N) is 5. The van der Waals surface area contributed by atoms with E-state index in [-0.39, 0.29) is 0 Å². The molecule has 0 aliphatic carbocycles. The third-order valence-electron chi connectivity index (χ3n) is 8.68. The van der Waals surface area contributed by atoms with Gasteiger partial charge in [-0.2, -0.15) is 10.1 Å². The van der Waals surface area contributed by atoms with E-state index in [2.05, 4.69) is 92.0 Å². The Labute approximate surface area is 231 Å². The Morgan fingerprint density at radius 2 is 1.87 bits per heavy atom. The summed E-state index contributed by atoms with van der Waals surface area (Å²) in [4.78, 5) is 15.2. The highest BCUT2D eigenvalue weighted by molar-refractivity contribution is 5.96. The molecular formula is C32H40N6O. The lowest BCUT2D eigenvalue weighted by Gasteiger charge is -2.33. The smallest absolute Gasteiger partial charge is 0.222 e. The highest BCUT2D eigenvalue weighted by atomic mass is 16.5. The van der Waals surface area contributed by atoms with Crippen LogP contribution in [-0.2, 0) is 13.0 Å². The van der Waals surface area contributed by atoms with Gasteiger partial charge in [-0.25, -0.2) is 4.98 Å². The number of H-pyrrole nitrogens is 1. The number of likely N-dealkylation sites (tertiary alicyclic amines) is 1. The Kier molecular flexibility index (Phi) is 6.79. The maximum Gasteiger partial charge on any atom is 0.222 e. The van der Waals surface area contributed by atoms with Crippen molar-refractivity contribution >= 4 is 16.6 Å². The maximum absolute atomic E-state index is 6.62. The van der Waals surface area contributed by atoms with Crippen molar-refractivity contribution in [3.63, 3.8) is 0 Å². The predicted molar refractivity (Wildman–Crippen MR) is 158 cm³/mol. The van der Waals surface area contributed by atoms with Crippen LogP contribution in [0.25, 0.3) is 22.3 Å². The summed E-state index contributed by atoms with van der Waals surface area (Å²) < 4.78 is 6.62. The molecule has 7 nitrogen and oxygen atoms in total. The number of hydrogen-bond donors (Lipinski definition) is 1. The van der Waals surface area contributed by atoms with Gasteiger partial charge in [-0.3, -0.25) is 5.10 Å². The van der Waals surface area contributed by atoms with Gasteiger partial charge in [0.25, 0.3) is 0 Å². The van der Waals surface area contributed by atoms with E-state index in [0.717, 1.165) is 83.2 Å². The lowest BCUT2D eigenvalue weighted by atomic mass is 9.98. The summed E-state index contributed by atoms with van der Waals surface area (Å²) in [6.45, 7) is 14.4.